The van der Waals surface area contributed by atoms with Crippen molar-refractivity contribution in [2.75, 3.05) is 0 Å². The first-order valence-corrected chi connectivity index (χ1v) is 22.2. The lowest BCUT2D eigenvalue weighted by Crippen LogP contribution is -2.14. The molecule has 0 bridgehead atoms. The predicted molar refractivity (Wildman–Crippen MR) is 268 cm³/mol. The fourth-order valence-corrected chi connectivity index (χ4v) is 11.3. The minimum Gasteiger partial charge on any atom is -0.309 e. The molecule has 2 nitrogen and oxygen atoms in total. The smallest absolute Gasteiger partial charge is 0.0541 e. The van der Waals surface area contributed by atoms with Gasteiger partial charge in [0.25, 0.3) is 0 Å². The Morgan fingerprint density at radius 2 is 0.746 bits per heavy atom. The van der Waals surface area contributed by atoms with Crippen molar-refractivity contribution in [2.24, 2.45) is 0 Å². The van der Waals surface area contributed by atoms with Crippen LogP contribution in [0.3, 0.4) is 0 Å². The molecule has 0 fully saturated rings. The molecule has 12 aromatic rings. The monoisotopic (exact) mass is 804 g/mol. The predicted octanol–water partition coefficient (Wildman–Crippen LogP) is 16.4. The molecule has 2 heteroatoms. The van der Waals surface area contributed by atoms with Gasteiger partial charge in [0.15, 0.2) is 0 Å². The lowest BCUT2D eigenvalue weighted by Gasteiger charge is -2.24. The number of fused-ring (bicyclic) bond motifs is 11. The van der Waals surface area contributed by atoms with Crippen LogP contribution in [0.2, 0.25) is 0 Å². The first kappa shape index (κ1) is 36.0. The Labute approximate surface area is 366 Å². The van der Waals surface area contributed by atoms with Crippen LogP contribution >= 0.6 is 0 Å². The highest BCUT2D eigenvalue weighted by Crippen LogP contribution is 2.52. The molecule has 1 aliphatic carbocycles. The third kappa shape index (κ3) is 5.07. The van der Waals surface area contributed by atoms with Gasteiger partial charge in [-0.05, 0) is 146 Å². The van der Waals surface area contributed by atoms with E-state index in [-0.39, 0.29) is 5.41 Å². The minimum absolute atomic E-state index is 0.134. The third-order valence-electron chi connectivity index (χ3n) is 14.4. The third-order valence-corrected chi connectivity index (χ3v) is 14.4. The lowest BCUT2D eigenvalue weighted by atomic mass is 9.80. The number of nitrogens with zero attached hydrogens (tertiary/aromatic N) is 2. The molecule has 2 aromatic heterocycles. The van der Waals surface area contributed by atoms with Gasteiger partial charge in [-0.25, -0.2) is 0 Å². The van der Waals surface area contributed by atoms with Crippen LogP contribution in [0.4, 0.5) is 0 Å². The van der Waals surface area contributed by atoms with Crippen LogP contribution in [0, 0.1) is 13.8 Å². The second-order valence-corrected chi connectivity index (χ2v) is 18.2. The molecule has 0 amide bonds. The van der Waals surface area contributed by atoms with Crippen molar-refractivity contribution in [3.63, 3.8) is 0 Å². The van der Waals surface area contributed by atoms with Gasteiger partial charge in [-0.3, -0.25) is 0 Å². The Morgan fingerprint density at radius 3 is 1.25 bits per heavy atom. The summed E-state index contributed by atoms with van der Waals surface area (Å²) in [6, 6.07) is 73.0. The van der Waals surface area contributed by atoms with Gasteiger partial charge in [-0.2, -0.15) is 0 Å². The van der Waals surface area contributed by atoms with Gasteiger partial charge in [0.2, 0.25) is 0 Å². The number of para-hydroxylation sites is 4. The summed E-state index contributed by atoms with van der Waals surface area (Å²) < 4.78 is 4.92. The Morgan fingerprint density at radius 1 is 0.317 bits per heavy atom. The van der Waals surface area contributed by atoms with Crippen LogP contribution in [-0.4, -0.2) is 9.13 Å². The van der Waals surface area contributed by atoms with E-state index in [9.17, 15) is 0 Å². The van der Waals surface area contributed by atoms with Crippen molar-refractivity contribution in [1.29, 1.82) is 0 Å². The molecule has 63 heavy (non-hydrogen) atoms. The molecule has 2 heterocycles. The van der Waals surface area contributed by atoms with E-state index >= 15 is 0 Å². The Balaban J connectivity index is 1.18. The second-order valence-electron chi connectivity index (χ2n) is 18.2. The molecule has 0 spiro atoms. The largest absolute Gasteiger partial charge is 0.309 e. The second kappa shape index (κ2) is 13.2. The molecule has 0 saturated heterocycles. The molecular weight excluding hydrogens is 761 g/mol. The standard InChI is InChI=1S/C61H44N2/c1-37-25-26-39(33-38(37)2)59-49-31-28-42(63-57-23-13-8-18-47(57)48-19-9-14-24-58(48)63)36-52(49)60(40-27-30-44-43-15-5-10-20-53(43)61(3,4)54(44)34-40)50-32-29-41(35-51(50)59)62-55-21-11-6-16-45(55)46-17-7-12-22-56(46)62/h5-36H,1-4H3. The van der Waals surface area contributed by atoms with Crippen LogP contribution in [0.5, 0.6) is 0 Å². The fourth-order valence-electron chi connectivity index (χ4n) is 11.3. The first-order valence-electron chi connectivity index (χ1n) is 22.2. The van der Waals surface area contributed by atoms with Crippen molar-refractivity contribution in [3.8, 4) is 44.8 Å². The van der Waals surface area contributed by atoms with Gasteiger partial charge in [0, 0.05) is 38.3 Å². The molecule has 0 N–H and O–H groups in total. The van der Waals surface area contributed by atoms with Crippen LogP contribution in [0.15, 0.2) is 194 Å². The number of aryl methyl sites for hydroxylation is 2. The SMILES string of the molecule is Cc1ccc(-c2c3ccc(-n4c5ccccc5c5ccccc54)cc3c(-c3ccc4c(c3)C(C)(C)c3ccccc3-4)c3ccc(-n4c5ccccc5c5ccccc54)cc23)cc1C. The summed E-state index contributed by atoms with van der Waals surface area (Å²) in [4.78, 5) is 0. The average Bonchev–Trinajstić information content (AvgIpc) is 3.92. The highest BCUT2D eigenvalue weighted by molar-refractivity contribution is 6.23. The van der Waals surface area contributed by atoms with Gasteiger partial charge in [0.1, 0.15) is 0 Å². The zero-order valence-corrected chi connectivity index (χ0v) is 35.9. The van der Waals surface area contributed by atoms with Gasteiger partial charge in [-0.1, -0.05) is 153 Å². The summed E-state index contributed by atoms with van der Waals surface area (Å²) in [7, 11) is 0. The van der Waals surface area contributed by atoms with Gasteiger partial charge in [-0.15, -0.1) is 0 Å². The van der Waals surface area contributed by atoms with Crippen LogP contribution in [0.1, 0.15) is 36.1 Å². The van der Waals surface area contributed by atoms with Crippen molar-refractivity contribution in [1.82, 2.24) is 9.13 Å². The van der Waals surface area contributed by atoms with E-state index in [2.05, 4.69) is 231 Å². The quantitative estimate of drug-likeness (QED) is 0.157. The minimum atomic E-state index is -0.134. The average molecular weight is 805 g/mol. The van der Waals surface area contributed by atoms with Crippen LogP contribution < -0.4 is 0 Å². The molecular formula is C61H44N2. The molecule has 13 rings (SSSR count). The van der Waals surface area contributed by atoms with Crippen molar-refractivity contribution >= 4 is 65.2 Å². The zero-order valence-electron chi connectivity index (χ0n) is 35.9. The maximum absolute atomic E-state index is 2.51. The topological polar surface area (TPSA) is 9.86 Å². The van der Waals surface area contributed by atoms with Crippen molar-refractivity contribution in [3.05, 3.63) is 216 Å². The highest BCUT2D eigenvalue weighted by atomic mass is 15.0. The number of rotatable bonds is 4. The number of benzene rings is 10. The molecule has 0 saturated carbocycles. The number of hydrogen-bond donors (Lipinski definition) is 0. The molecule has 0 radical (unpaired) electrons. The van der Waals surface area contributed by atoms with Crippen molar-refractivity contribution < 1.29 is 0 Å². The van der Waals surface area contributed by atoms with E-state index in [1.54, 1.807) is 0 Å². The molecule has 10 aromatic carbocycles. The molecule has 0 aliphatic heterocycles. The Bertz CT molecular complexity index is 3800. The summed E-state index contributed by atoms with van der Waals surface area (Å²) in [5.74, 6) is 0. The Hall–Kier alpha value is -7.68. The van der Waals surface area contributed by atoms with E-state index < -0.39 is 0 Å². The summed E-state index contributed by atoms with van der Waals surface area (Å²) in [6.45, 7) is 9.23. The van der Waals surface area contributed by atoms with Gasteiger partial charge in [0.05, 0.1) is 22.1 Å². The van der Waals surface area contributed by atoms with Crippen molar-refractivity contribution in [2.45, 2.75) is 33.1 Å². The molecule has 0 atom stereocenters. The Kier molecular flexibility index (Phi) is 7.52. The van der Waals surface area contributed by atoms with Gasteiger partial charge < -0.3 is 9.13 Å². The van der Waals surface area contributed by atoms with E-state index in [0.717, 1.165) is 11.4 Å². The highest BCUT2D eigenvalue weighted by Gasteiger charge is 2.35. The van der Waals surface area contributed by atoms with E-state index in [1.807, 2.05) is 0 Å². The van der Waals surface area contributed by atoms with E-state index in [0.29, 0.717) is 0 Å². The normalized spacial score (nSPS) is 13.2. The number of hydrogen-bond acceptors (Lipinski definition) is 0. The maximum atomic E-state index is 2.51. The van der Waals surface area contributed by atoms with Gasteiger partial charge >= 0.3 is 0 Å². The van der Waals surface area contributed by atoms with Crippen LogP contribution in [-0.2, 0) is 5.41 Å². The first-order chi connectivity index (χ1) is 30.8. The summed E-state index contributed by atoms with van der Waals surface area (Å²) in [5, 5.41) is 10.0. The fraction of sp³-hybridized carbons (Fsp3) is 0.0820. The molecule has 298 valence electrons. The summed E-state index contributed by atoms with van der Waals surface area (Å²) in [6.07, 6.45) is 0. The summed E-state index contributed by atoms with van der Waals surface area (Å²) >= 11 is 0. The zero-order chi connectivity index (χ0) is 42.1. The van der Waals surface area contributed by atoms with E-state index in [4.69, 9.17) is 0 Å². The number of aromatic nitrogens is 2. The van der Waals surface area contributed by atoms with E-state index in [1.165, 1.54) is 121 Å². The molecule has 0 unspecified atom stereocenters. The lowest BCUT2D eigenvalue weighted by molar-refractivity contribution is 0.660. The molecule has 1 aliphatic rings. The van der Waals surface area contributed by atoms with Crippen LogP contribution in [0.25, 0.3) is 110 Å². The maximum Gasteiger partial charge on any atom is 0.0541 e. The summed E-state index contributed by atoms with van der Waals surface area (Å²) in [5.41, 5.74) is 20.0.